The number of likely N-dealkylation sites (N-methyl/N-ethyl adjacent to an activating group) is 1. The molecule has 1 N–H and O–H groups in total. The highest BCUT2D eigenvalue weighted by atomic mass is 32.1. The molecule has 122 valence electrons. The molecule has 0 aromatic carbocycles. The van der Waals surface area contributed by atoms with E-state index in [0.717, 1.165) is 36.8 Å². The Bertz CT molecular complexity index is 801. The Hall–Kier alpha value is -1.90. The number of aromatic nitrogens is 3. The Morgan fingerprint density at radius 1 is 1.30 bits per heavy atom. The van der Waals surface area contributed by atoms with E-state index < -0.39 is 0 Å². The summed E-state index contributed by atoms with van der Waals surface area (Å²) in [6.07, 6.45) is 1.68. The van der Waals surface area contributed by atoms with Gasteiger partial charge in [0.15, 0.2) is 0 Å². The number of fused-ring (bicyclic) bond motifs is 1. The zero-order valence-corrected chi connectivity index (χ0v) is 14.0. The highest BCUT2D eigenvalue weighted by Gasteiger charge is 2.32. The first-order chi connectivity index (χ1) is 11.1. The summed E-state index contributed by atoms with van der Waals surface area (Å²) >= 11 is 1.47. The molecule has 1 aliphatic heterocycles. The number of aryl methyl sites for hydroxylation is 1. The first kappa shape index (κ1) is 14.7. The van der Waals surface area contributed by atoms with Gasteiger partial charge in [0, 0.05) is 26.2 Å². The van der Waals surface area contributed by atoms with Crippen LogP contribution in [0.5, 0.6) is 5.88 Å². The van der Waals surface area contributed by atoms with Crippen LogP contribution in [0, 0.1) is 6.92 Å². The van der Waals surface area contributed by atoms with E-state index in [9.17, 15) is 5.11 Å². The molecule has 1 fully saturated rings. The monoisotopic (exact) mass is 333 g/mol. The van der Waals surface area contributed by atoms with Gasteiger partial charge in [0.25, 0.3) is 0 Å². The number of piperazine rings is 1. The number of rotatable bonds is 3. The van der Waals surface area contributed by atoms with Crippen LogP contribution in [0.25, 0.3) is 4.96 Å². The molecule has 3 aromatic rings. The van der Waals surface area contributed by atoms with Gasteiger partial charge in [0.1, 0.15) is 17.6 Å². The molecule has 0 bridgehead atoms. The minimum Gasteiger partial charge on any atom is -0.492 e. The van der Waals surface area contributed by atoms with Gasteiger partial charge in [-0.15, -0.1) is 5.10 Å². The standard InChI is InChI=1S/C15H19N5O2S/c1-10-16-15-20(17-10)14(21)13(23-15)12(11-4-3-9-22-11)19-7-5-18(2)6-8-19/h3-4,9,12,21H,5-8H2,1-2H3/t12-/m0/s1. The summed E-state index contributed by atoms with van der Waals surface area (Å²) in [5.74, 6) is 1.66. The lowest BCUT2D eigenvalue weighted by Crippen LogP contribution is -2.46. The van der Waals surface area contributed by atoms with Crippen LogP contribution in [0.3, 0.4) is 0 Å². The molecule has 0 saturated carbocycles. The molecule has 23 heavy (non-hydrogen) atoms. The Morgan fingerprint density at radius 3 is 2.74 bits per heavy atom. The number of nitrogens with zero attached hydrogens (tertiary/aromatic N) is 5. The van der Waals surface area contributed by atoms with Gasteiger partial charge < -0.3 is 14.4 Å². The Balaban J connectivity index is 1.77. The summed E-state index contributed by atoms with van der Waals surface area (Å²) in [6.45, 7) is 5.67. The van der Waals surface area contributed by atoms with Crippen molar-refractivity contribution in [3.8, 4) is 5.88 Å². The lowest BCUT2D eigenvalue weighted by molar-refractivity contribution is 0.117. The van der Waals surface area contributed by atoms with E-state index in [1.54, 1.807) is 6.26 Å². The highest BCUT2D eigenvalue weighted by Crippen LogP contribution is 2.40. The fourth-order valence-electron chi connectivity index (χ4n) is 3.03. The molecule has 0 unspecified atom stereocenters. The average molecular weight is 333 g/mol. The molecule has 0 aliphatic carbocycles. The van der Waals surface area contributed by atoms with Crippen LogP contribution in [0.1, 0.15) is 22.5 Å². The summed E-state index contributed by atoms with van der Waals surface area (Å²) in [7, 11) is 2.13. The van der Waals surface area contributed by atoms with Gasteiger partial charge in [-0.2, -0.15) is 4.52 Å². The molecular formula is C15H19N5O2S. The minimum absolute atomic E-state index is 0.104. The average Bonchev–Trinajstić information content (AvgIpc) is 3.22. The van der Waals surface area contributed by atoms with E-state index in [4.69, 9.17) is 4.42 Å². The van der Waals surface area contributed by atoms with Crippen LogP contribution in [0.15, 0.2) is 22.8 Å². The third-order valence-electron chi connectivity index (χ3n) is 4.27. The molecule has 1 aliphatic rings. The summed E-state index contributed by atoms with van der Waals surface area (Å²) in [5.41, 5.74) is 0. The molecule has 4 rings (SSSR count). The first-order valence-electron chi connectivity index (χ1n) is 7.64. The minimum atomic E-state index is -0.104. The molecule has 4 heterocycles. The van der Waals surface area contributed by atoms with Crippen molar-refractivity contribution in [2.75, 3.05) is 33.2 Å². The smallest absolute Gasteiger partial charge is 0.230 e. The van der Waals surface area contributed by atoms with Crippen molar-refractivity contribution in [1.29, 1.82) is 0 Å². The predicted molar refractivity (Wildman–Crippen MR) is 86.9 cm³/mol. The molecule has 0 spiro atoms. The topological polar surface area (TPSA) is 70.0 Å². The predicted octanol–water partition coefficient (Wildman–Crippen LogP) is 1.73. The van der Waals surface area contributed by atoms with Crippen molar-refractivity contribution >= 4 is 16.3 Å². The Labute approximate surface area is 137 Å². The highest BCUT2D eigenvalue weighted by molar-refractivity contribution is 7.17. The van der Waals surface area contributed by atoms with Crippen LogP contribution < -0.4 is 0 Å². The fourth-order valence-corrected chi connectivity index (χ4v) is 4.17. The van der Waals surface area contributed by atoms with Crippen molar-refractivity contribution < 1.29 is 9.52 Å². The summed E-state index contributed by atoms with van der Waals surface area (Å²) in [6, 6.07) is 3.74. The van der Waals surface area contributed by atoms with Crippen LogP contribution in [0.4, 0.5) is 0 Å². The van der Waals surface area contributed by atoms with Gasteiger partial charge in [-0.25, -0.2) is 4.98 Å². The molecular weight excluding hydrogens is 314 g/mol. The first-order valence-corrected chi connectivity index (χ1v) is 8.46. The molecule has 1 atom stereocenters. The molecule has 7 nitrogen and oxygen atoms in total. The SMILES string of the molecule is Cc1nc2sc([C@H](c3ccco3)N3CCN(C)CC3)c(O)n2n1. The van der Waals surface area contributed by atoms with E-state index in [1.807, 2.05) is 19.1 Å². The molecule has 1 saturated heterocycles. The van der Waals surface area contributed by atoms with E-state index in [1.165, 1.54) is 15.9 Å². The van der Waals surface area contributed by atoms with E-state index in [2.05, 4.69) is 26.9 Å². The van der Waals surface area contributed by atoms with E-state index in [0.29, 0.717) is 10.8 Å². The van der Waals surface area contributed by atoms with Crippen molar-refractivity contribution in [2.45, 2.75) is 13.0 Å². The van der Waals surface area contributed by atoms with Crippen LogP contribution in [0.2, 0.25) is 0 Å². The van der Waals surface area contributed by atoms with Crippen molar-refractivity contribution in [3.63, 3.8) is 0 Å². The van der Waals surface area contributed by atoms with Crippen molar-refractivity contribution in [2.24, 2.45) is 0 Å². The van der Waals surface area contributed by atoms with E-state index >= 15 is 0 Å². The number of thiazole rings is 1. The molecule has 0 amide bonds. The number of aromatic hydroxyl groups is 1. The van der Waals surface area contributed by atoms with Gasteiger partial charge in [-0.1, -0.05) is 11.3 Å². The Kier molecular flexibility index (Phi) is 3.59. The van der Waals surface area contributed by atoms with Gasteiger partial charge in [-0.05, 0) is 26.1 Å². The Morgan fingerprint density at radius 2 is 2.09 bits per heavy atom. The lowest BCUT2D eigenvalue weighted by Gasteiger charge is -2.36. The van der Waals surface area contributed by atoms with Crippen molar-refractivity contribution in [1.82, 2.24) is 24.4 Å². The fraction of sp³-hybridized carbons (Fsp3) is 0.467. The maximum Gasteiger partial charge on any atom is 0.230 e. The second-order valence-electron chi connectivity index (χ2n) is 5.90. The molecule has 0 radical (unpaired) electrons. The second kappa shape index (κ2) is 5.63. The lowest BCUT2D eigenvalue weighted by atomic mass is 10.1. The quantitative estimate of drug-likeness (QED) is 0.787. The summed E-state index contributed by atoms with van der Waals surface area (Å²) < 4.78 is 7.19. The molecule has 8 heteroatoms. The zero-order chi connectivity index (χ0) is 16.0. The third-order valence-corrected chi connectivity index (χ3v) is 5.34. The maximum atomic E-state index is 10.6. The van der Waals surface area contributed by atoms with E-state index in [-0.39, 0.29) is 11.9 Å². The normalized spacial score (nSPS) is 18.7. The number of furan rings is 1. The van der Waals surface area contributed by atoms with Crippen molar-refractivity contribution in [3.05, 3.63) is 34.9 Å². The van der Waals surface area contributed by atoms with Crippen LogP contribution in [-0.2, 0) is 0 Å². The summed E-state index contributed by atoms with van der Waals surface area (Å²) in [4.78, 5) is 10.6. The maximum absolute atomic E-state index is 10.6. The largest absolute Gasteiger partial charge is 0.492 e. The number of hydrogen-bond acceptors (Lipinski definition) is 7. The third kappa shape index (κ3) is 2.52. The van der Waals surface area contributed by atoms with Crippen LogP contribution >= 0.6 is 11.3 Å². The van der Waals surface area contributed by atoms with Gasteiger partial charge in [-0.3, -0.25) is 4.90 Å². The summed E-state index contributed by atoms with van der Waals surface area (Å²) in [5, 5.41) is 14.9. The van der Waals surface area contributed by atoms with Crippen LogP contribution in [-0.4, -0.2) is 62.7 Å². The van der Waals surface area contributed by atoms with Gasteiger partial charge >= 0.3 is 0 Å². The van der Waals surface area contributed by atoms with Gasteiger partial charge in [0.05, 0.1) is 11.1 Å². The second-order valence-corrected chi connectivity index (χ2v) is 6.91. The number of hydrogen-bond donors (Lipinski definition) is 1. The zero-order valence-electron chi connectivity index (χ0n) is 13.1. The molecule has 3 aromatic heterocycles. The van der Waals surface area contributed by atoms with Gasteiger partial charge in [0.2, 0.25) is 10.8 Å².